The predicted octanol–water partition coefficient (Wildman–Crippen LogP) is 4.83. The highest BCUT2D eigenvalue weighted by molar-refractivity contribution is 8.00. The third-order valence-corrected chi connectivity index (χ3v) is 6.75. The Hall–Kier alpha value is -3.25. The Morgan fingerprint density at radius 1 is 1.03 bits per heavy atom. The fourth-order valence-corrected chi connectivity index (χ4v) is 4.82. The van der Waals surface area contributed by atoms with Crippen LogP contribution in [0.1, 0.15) is 21.5 Å². The lowest BCUT2D eigenvalue weighted by atomic mass is 10.2. The third-order valence-electron chi connectivity index (χ3n) is 5.69. The summed E-state index contributed by atoms with van der Waals surface area (Å²) in [5.74, 6) is 1.07. The number of rotatable bonds is 8. The molecule has 2 amide bonds. The zero-order valence-corrected chi connectivity index (χ0v) is 19.8. The van der Waals surface area contributed by atoms with Crippen molar-refractivity contribution in [1.82, 2.24) is 4.90 Å². The molecule has 170 valence electrons. The van der Waals surface area contributed by atoms with Gasteiger partial charge in [-0.1, -0.05) is 42.5 Å². The minimum atomic E-state index is -0.0788. The molecule has 0 saturated carbocycles. The van der Waals surface area contributed by atoms with E-state index < -0.39 is 0 Å². The minimum absolute atomic E-state index is 0.0621. The Labute approximate surface area is 199 Å². The molecule has 0 N–H and O–H groups in total. The van der Waals surface area contributed by atoms with E-state index in [2.05, 4.69) is 6.07 Å². The maximum Gasteiger partial charge on any atom is 0.254 e. The number of para-hydroxylation sites is 1. The molecule has 0 radical (unpaired) electrons. The summed E-state index contributed by atoms with van der Waals surface area (Å²) in [7, 11) is 1.77. The molecule has 1 aliphatic heterocycles. The smallest absolute Gasteiger partial charge is 0.254 e. The van der Waals surface area contributed by atoms with Crippen LogP contribution >= 0.6 is 11.8 Å². The molecule has 0 fully saturated rings. The molecule has 1 heterocycles. The van der Waals surface area contributed by atoms with E-state index in [1.165, 1.54) is 17.3 Å². The summed E-state index contributed by atoms with van der Waals surface area (Å²) < 4.78 is 5.79. The number of ether oxygens (including phenoxy) is 1. The number of anilines is 1. The van der Waals surface area contributed by atoms with E-state index in [-0.39, 0.29) is 11.8 Å². The van der Waals surface area contributed by atoms with Crippen LogP contribution in [0.5, 0.6) is 5.75 Å². The largest absolute Gasteiger partial charge is 0.492 e. The quantitative estimate of drug-likeness (QED) is 0.452. The molecule has 3 aromatic rings. The number of amides is 2. The van der Waals surface area contributed by atoms with Crippen molar-refractivity contribution in [2.45, 2.75) is 18.2 Å². The van der Waals surface area contributed by atoms with Crippen LogP contribution in [-0.4, -0.2) is 49.2 Å². The first-order valence-corrected chi connectivity index (χ1v) is 12.1. The molecule has 1 aliphatic rings. The molecule has 0 unspecified atom stereocenters. The number of aryl methyl sites for hydroxylation is 1. The number of fused-ring (bicyclic) bond motifs is 1. The van der Waals surface area contributed by atoms with Gasteiger partial charge in [-0.25, -0.2) is 0 Å². The van der Waals surface area contributed by atoms with Crippen molar-refractivity contribution in [2.75, 3.05) is 37.4 Å². The van der Waals surface area contributed by atoms with E-state index in [1.54, 1.807) is 11.9 Å². The fraction of sp³-hybridized carbons (Fsp3) is 0.259. The Morgan fingerprint density at radius 3 is 2.67 bits per heavy atom. The van der Waals surface area contributed by atoms with Crippen LogP contribution in [0, 0.1) is 6.92 Å². The lowest BCUT2D eigenvalue weighted by Gasteiger charge is -2.20. The molecule has 5 nitrogen and oxygen atoms in total. The van der Waals surface area contributed by atoms with Gasteiger partial charge in [0.15, 0.2) is 0 Å². The summed E-state index contributed by atoms with van der Waals surface area (Å²) in [6.45, 7) is 3.61. The van der Waals surface area contributed by atoms with Crippen LogP contribution in [0.3, 0.4) is 0 Å². The van der Waals surface area contributed by atoms with Gasteiger partial charge < -0.3 is 14.5 Å². The molecule has 0 aliphatic carbocycles. The Morgan fingerprint density at radius 2 is 1.82 bits per heavy atom. The number of benzene rings is 3. The number of thioether (sulfide) groups is 1. The Kier molecular flexibility index (Phi) is 7.35. The van der Waals surface area contributed by atoms with E-state index in [4.69, 9.17) is 4.74 Å². The molecular formula is C27H28N2O3S. The molecule has 0 bridgehead atoms. The van der Waals surface area contributed by atoms with Gasteiger partial charge in [0.1, 0.15) is 12.4 Å². The maximum absolute atomic E-state index is 13.1. The van der Waals surface area contributed by atoms with E-state index in [1.807, 2.05) is 78.6 Å². The van der Waals surface area contributed by atoms with Gasteiger partial charge in [-0.15, -0.1) is 11.8 Å². The summed E-state index contributed by atoms with van der Waals surface area (Å²) in [4.78, 5) is 30.3. The van der Waals surface area contributed by atoms with Crippen molar-refractivity contribution in [1.29, 1.82) is 0 Å². The minimum Gasteiger partial charge on any atom is -0.492 e. The number of carbonyl (C=O) groups is 2. The number of hydrogen-bond acceptors (Lipinski definition) is 4. The van der Waals surface area contributed by atoms with Crippen LogP contribution in [0.25, 0.3) is 0 Å². The molecule has 0 aromatic heterocycles. The summed E-state index contributed by atoms with van der Waals surface area (Å²) in [6.07, 6.45) is 0.886. The van der Waals surface area contributed by atoms with Crippen molar-refractivity contribution in [3.8, 4) is 5.75 Å². The van der Waals surface area contributed by atoms with Crippen molar-refractivity contribution >= 4 is 29.3 Å². The second-order valence-electron chi connectivity index (χ2n) is 8.10. The zero-order valence-electron chi connectivity index (χ0n) is 19.0. The number of nitrogens with zero attached hydrogens (tertiary/aromatic N) is 2. The van der Waals surface area contributed by atoms with Crippen molar-refractivity contribution in [2.24, 2.45) is 0 Å². The highest BCUT2D eigenvalue weighted by atomic mass is 32.2. The van der Waals surface area contributed by atoms with Crippen LogP contribution in [0.15, 0.2) is 77.7 Å². The van der Waals surface area contributed by atoms with E-state index >= 15 is 0 Å². The molecule has 0 atom stereocenters. The first-order chi connectivity index (χ1) is 16.0. The average molecular weight is 461 g/mol. The molecule has 0 saturated heterocycles. The van der Waals surface area contributed by atoms with Crippen molar-refractivity contribution in [3.05, 3.63) is 89.5 Å². The number of likely N-dealkylation sites (N-methyl/N-ethyl adjacent to an activating group) is 1. The average Bonchev–Trinajstić information content (AvgIpc) is 3.26. The highest BCUT2D eigenvalue weighted by Crippen LogP contribution is 2.30. The van der Waals surface area contributed by atoms with Gasteiger partial charge in [0.2, 0.25) is 5.91 Å². The van der Waals surface area contributed by atoms with Crippen molar-refractivity contribution in [3.63, 3.8) is 0 Å². The topological polar surface area (TPSA) is 49.9 Å². The van der Waals surface area contributed by atoms with E-state index in [0.717, 1.165) is 28.3 Å². The van der Waals surface area contributed by atoms with Crippen LogP contribution in [0.4, 0.5) is 5.69 Å². The summed E-state index contributed by atoms with van der Waals surface area (Å²) >= 11 is 1.41. The first kappa shape index (κ1) is 22.9. The molecule has 3 aromatic carbocycles. The predicted molar refractivity (Wildman–Crippen MR) is 133 cm³/mol. The first-order valence-electron chi connectivity index (χ1n) is 11.1. The summed E-state index contributed by atoms with van der Waals surface area (Å²) in [5, 5.41) is 0. The SMILES string of the molecule is Cc1cccc(OCCN(C)C(=O)c2ccccc2SCC(=O)N2CCc3ccccc32)c1. The van der Waals surface area contributed by atoms with Crippen LogP contribution < -0.4 is 9.64 Å². The van der Waals surface area contributed by atoms with E-state index in [9.17, 15) is 9.59 Å². The lowest BCUT2D eigenvalue weighted by molar-refractivity contribution is -0.116. The van der Waals surface area contributed by atoms with Crippen LogP contribution in [0.2, 0.25) is 0 Å². The maximum atomic E-state index is 13.1. The lowest BCUT2D eigenvalue weighted by Crippen LogP contribution is -2.32. The van der Waals surface area contributed by atoms with E-state index in [0.29, 0.717) is 31.0 Å². The second-order valence-corrected chi connectivity index (χ2v) is 9.12. The third kappa shape index (κ3) is 5.57. The molecule has 4 rings (SSSR count). The fourth-order valence-electron chi connectivity index (χ4n) is 3.90. The monoisotopic (exact) mass is 460 g/mol. The normalized spacial score (nSPS) is 12.4. The van der Waals surface area contributed by atoms with Gasteiger partial charge >= 0.3 is 0 Å². The number of carbonyl (C=O) groups excluding carboxylic acids is 2. The summed E-state index contributed by atoms with van der Waals surface area (Å²) in [6, 6.07) is 23.4. The van der Waals surface area contributed by atoms with Gasteiger partial charge in [-0.3, -0.25) is 9.59 Å². The Bertz CT molecular complexity index is 1150. The second kappa shape index (κ2) is 10.6. The van der Waals surface area contributed by atoms with Crippen molar-refractivity contribution < 1.29 is 14.3 Å². The number of hydrogen-bond donors (Lipinski definition) is 0. The van der Waals surface area contributed by atoms with Gasteiger partial charge in [-0.05, 0) is 54.8 Å². The van der Waals surface area contributed by atoms with Gasteiger partial charge in [-0.2, -0.15) is 0 Å². The van der Waals surface area contributed by atoms with Gasteiger partial charge in [0.25, 0.3) is 5.91 Å². The standard InChI is InChI=1S/C27H28N2O3S/c1-20-8-7-10-22(18-20)32-17-16-28(2)27(31)23-11-4-6-13-25(23)33-19-26(30)29-15-14-21-9-3-5-12-24(21)29/h3-13,18H,14-17,19H2,1-2H3. The highest BCUT2D eigenvalue weighted by Gasteiger charge is 2.24. The van der Waals surface area contributed by atoms with Crippen LogP contribution in [-0.2, 0) is 11.2 Å². The molecule has 33 heavy (non-hydrogen) atoms. The van der Waals surface area contributed by atoms with Gasteiger partial charge in [0.05, 0.1) is 17.9 Å². The zero-order chi connectivity index (χ0) is 23.2. The molecule has 0 spiro atoms. The summed E-state index contributed by atoms with van der Waals surface area (Å²) in [5.41, 5.74) is 3.95. The van der Waals surface area contributed by atoms with Gasteiger partial charge in [0, 0.05) is 24.2 Å². The molecule has 6 heteroatoms. The molecular weight excluding hydrogens is 432 g/mol. The Balaban J connectivity index is 1.34.